The van der Waals surface area contributed by atoms with E-state index in [1.165, 1.54) is 5.96 Å². The fraction of sp³-hybridized carbons (Fsp3) is 0.913. The number of nitrogens with one attached hydrogen (secondary N) is 1. The van der Waals surface area contributed by atoms with E-state index in [2.05, 4.69) is 93.8 Å². The van der Waals surface area contributed by atoms with Gasteiger partial charge in [-0.1, -0.05) is 13.8 Å². The summed E-state index contributed by atoms with van der Waals surface area (Å²) >= 11 is 0. The molecule has 0 amide bonds. The van der Waals surface area contributed by atoms with Gasteiger partial charge in [0.15, 0.2) is 5.96 Å². The van der Waals surface area contributed by atoms with Gasteiger partial charge in [-0.2, -0.15) is 0 Å². The summed E-state index contributed by atoms with van der Waals surface area (Å²) in [6, 6.07) is 0. The Morgan fingerprint density at radius 3 is 1.48 bits per heavy atom. The minimum Gasteiger partial charge on any atom is -0.343 e. The van der Waals surface area contributed by atoms with E-state index in [9.17, 15) is 0 Å². The van der Waals surface area contributed by atoms with Crippen LogP contribution in [0.5, 0.6) is 0 Å². The monoisotopic (exact) mass is 411 g/mol. The fourth-order valence-corrected chi connectivity index (χ4v) is 3.54. The second-order valence-corrected chi connectivity index (χ2v) is 8.15. The Labute approximate surface area is 182 Å². The Morgan fingerprint density at radius 1 is 0.724 bits per heavy atom. The number of guanidine groups is 2. The largest absolute Gasteiger partial charge is 0.348 e. The van der Waals surface area contributed by atoms with E-state index in [0.717, 1.165) is 71.4 Å². The molecular formula is C23H51N6+. The Hall–Kier alpha value is -1.46. The first-order valence-electron chi connectivity index (χ1n) is 11.9. The van der Waals surface area contributed by atoms with Gasteiger partial charge in [-0.05, 0) is 55.4 Å². The number of aliphatic imine (C=N–C) groups is 1. The van der Waals surface area contributed by atoms with Crippen molar-refractivity contribution in [3.63, 3.8) is 0 Å². The average Bonchev–Trinajstić information content (AvgIpc) is 2.72. The van der Waals surface area contributed by atoms with Crippen LogP contribution in [0.1, 0.15) is 69.2 Å². The lowest BCUT2D eigenvalue weighted by atomic mass is 9.94. The van der Waals surface area contributed by atoms with Crippen molar-refractivity contribution in [2.75, 3.05) is 65.4 Å². The maximum Gasteiger partial charge on any atom is 0.348 e. The Kier molecular flexibility index (Phi) is 13.8. The highest BCUT2D eigenvalue weighted by Crippen LogP contribution is 2.15. The van der Waals surface area contributed by atoms with E-state index < -0.39 is 0 Å². The van der Waals surface area contributed by atoms with Crippen LogP contribution in [0.15, 0.2) is 4.99 Å². The summed E-state index contributed by atoms with van der Waals surface area (Å²) < 4.78 is 2.42. The Bertz CT molecular complexity index is 466. The van der Waals surface area contributed by atoms with E-state index in [1.54, 1.807) is 0 Å². The molecule has 1 N–H and O–H groups in total. The molecule has 0 heterocycles. The third-order valence-corrected chi connectivity index (χ3v) is 5.59. The number of hydrogen-bond donors (Lipinski definition) is 1. The van der Waals surface area contributed by atoms with E-state index >= 15 is 0 Å². The van der Waals surface area contributed by atoms with Gasteiger partial charge >= 0.3 is 5.96 Å². The first kappa shape index (κ1) is 27.5. The molecule has 0 aromatic heterocycles. The van der Waals surface area contributed by atoms with Crippen molar-refractivity contribution >= 4 is 11.9 Å². The summed E-state index contributed by atoms with van der Waals surface area (Å²) in [7, 11) is 0. The molecule has 0 aliphatic rings. The standard InChI is InChI=1S/C23H50N6/c1-11-26(12-2)21(27(13-3)14-4)24-19-23(9,10)20-25-22(28(15-5)16-6)29(17-7)18-8/h11-20H2,1-10H3/p+1. The van der Waals surface area contributed by atoms with Gasteiger partial charge in [0.25, 0.3) is 0 Å². The summed E-state index contributed by atoms with van der Waals surface area (Å²) in [5, 5.41) is 3.77. The van der Waals surface area contributed by atoms with E-state index in [4.69, 9.17) is 4.99 Å². The van der Waals surface area contributed by atoms with Crippen molar-refractivity contribution in [3.05, 3.63) is 0 Å². The molecule has 0 saturated heterocycles. The van der Waals surface area contributed by atoms with Crippen LogP contribution in [-0.2, 0) is 0 Å². The van der Waals surface area contributed by atoms with Crippen LogP contribution in [0.4, 0.5) is 0 Å². The number of nitrogens with zero attached hydrogens (tertiary/aromatic N) is 5. The SMILES string of the molecule is CCN(CC)C(=NCC(C)(C)CNC(N(CC)CC)=[N+](CC)CC)N(CC)CC. The third kappa shape index (κ3) is 8.83. The minimum atomic E-state index is 0.0666. The maximum absolute atomic E-state index is 5.12. The van der Waals surface area contributed by atoms with Gasteiger partial charge in [-0.15, -0.1) is 0 Å². The molecule has 6 nitrogen and oxygen atoms in total. The predicted octanol–water partition coefficient (Wildman–Crippen LogP) is 3.39. The van der Waals surface area contributed by atoms with E-state index in [1.807, 2.05) is 0 Å². The Balaban J connectivity index is 5.50. The highest BCUT2D eigenvalue weighted by molar-refractivity contribution is 5.80. The van der Waals surface area contributed by atoms with Crippen LogP contribution in [0.2, 0.25) is 0 Å². The summed E-state index contributed by atoms with van der Waals surface area (Å²) in [4.78, 5) is 12.3. The molecule has 0 spiro atoms. The molecule has 0 rings (SSSR count). The molecule has 0 unspecified atom stereocenters. The highest BCUT2D eigenvalue weighted by atomic mass is 15.4. The van der Waals surface area contributed by atoms with Crippen molar-refractivity contribution in [1.29, 1.82) is 0 Å². The molecule has 29 heavy (non-hydrogen) atoms. The highest BCUT2D eigenvalue weighted by Gasteiger charge is 2.25. The summed E-state index contributed by atoms with van der Waals surface area (Å²) in [5.41, 5.74) is 0.0666. The quantitative estimate of drug-likeness (QED) is 0.303. The molecule has 0 bridgehead atoms. The van der Waals surface area contributed by atoms with Gasteiger partial charge in [0.1, 0.15) is 0 Å². The van der Waals surface area contributed by atoms with Crippen LogP contribution in [0.3, 0.4) is 0 Å². The van der Waals surface area contributed by atoms with Crippen LogP contribution < -0.4 is 5.32 Å². The second-order valence-electron chi connectivity index (χ2n) is 8.15. The number of hydrogen-bond acceptors (Lipinski definition) is 1. The molecule has 0 atom stereocenters. The van der Waals surface area contributed by atoms with Gasteiger partial charge in [-0.25, -0.2) is 0 Å². The molecule has 6 heteroatoms. The Morgan fingerprint density at radius 2 is 1.14 bits per heavy atom. The summed E-state index contributed by atoms with van der Waals surface area (Å²) in [5.74, 6) is 2.40. The zero-order valence-electron chi connectivity index (χ0n) is 21.3. The van der Waals surface area contributed by atoms with Crippen LogP contribution in [0.25, 0.3) is 0 Å². The average molecular weight is 412 g/mol. The molecular weight excluding hydrogens is 360 g/mol. The lowest BCUT2D eigenvalue weighted by Crippen LogP contribution is -2.50. The van der Waals surface area contributed by atoms with Gasteiger partial charge in [0.05, 0.1) is 39.3 Å². The van der Waals surface area contributed by atoms with Crippen molar-refractivity contribution in [2.24, 2.45) is 10.4 Å². The molecule has 0 saturated carbocycles. The molecule has 0 radical (unpaired) electrons. The van der Waals surface area contributed by atoms with Crippen molar-refractivity contribution < 1.29 is 4.58 Å². The molecule has 0 aromatic carbocycles. The van der Waals surface area contributed by atoms with E-state index in [-0.39, 0.29) is 5.41 Å². The van der Waals surface area contributed by atoms with Crippen molar-refractivity contribution in [2.45, 2.75) is 69.2 Å². The van der Waals surface area contributed by atoms with Gasteiger partial charge in [-0.3, -0.25) is 19.8 Å². The van der Waals surface area contributed by atoms with Crippen molar-refractivity contribution in [1.82, 2.24) is 20.0 Å². The van der Waals surface area contributed by atoms with Gasteiger partial charge in [0, 0.05) is 31.6 Å². The topological polar surface area (TPSA) is 37.1 Å². The van der Waals surface area contributed by atoms with Crippen LogP contribution in [-0.4, -0.2) is 96.6 Å². The van der Waals surface area contributed by atoms with E-state index in [0.29, 0.717) is 0 Å². The molecule has 0 fully saturated rings. The molecule has 0 aliphatic heterocycles. The summed E-state index contributed by atoms with van der Waals surface area (Å²) in [6.45, 7) is 32.1. The van der Waals surface area contributed by atoms with Gasteiger partial charge in [0.2, 0.25) is 0 Å². The summed E-state index contributed by atoms with van der Waals surface area (Å²) in [6.07, 6.45) is 0. The minimum absolute atomic E-state index is 0.0666. The fourth-order valence-electron chi connectivity index (χ4n) is 3.54. The molecule has 0 aliphatic carbocycles. The maximum atomic E-state index is 5.12. The second kappa shape index (κ2) is 14.5. The molecule has 172 valence electrons. The smallest absolute Gasteiger partial charge is 0.343 e. The predicted molar refractivity (Wildman–Crippen MR) is 129 cm³/mol. The number of rotatable bonds is 12. The zero-order chi connectivity index (χ0) is 22.4. The molecule has 0 aromatic rings. The zero-order valence-corrected chi connectivity index (χ0v) is 21.3. The van der Waals surface area contributed by atoms with Crippen LogP contribution >= 0.6 is 0 Å². The van der Waals surface area contributed by atoms with Crippen LogP contribution in [0, 0.1) is 5.41 Å². The van der Waals surface area contributed by atoms with Gasteiger partial charge < -0.3 is 9.80 Å². The lowest BCUT2D eigenvalue weighted by Gasteiger charge is -2.33. The van der Waals surface area contributed by atoms with Crippen molar-refractivity contribution in [3.8, 4) is 0 Å². The normalized spacial score (nSPS) is 11.1. The third-order valence-electron chi connectivity index (χ3n) is 5.59. The first-order chi connectivity index (χ1) is 13.8. The lowest BCUT2D eigenvalue weighted by molar-refractivity contribution is -0.527. The first-order valence-corrected chi connectivity index (χ1v) is 11.9.